The van der Waals surface area contributed by atoms with E-state index in [-0.39, 0.29) is 5.97 Å². The van der Waals surface area contributed by atoms with Gasteiger partial charge in [0.2, 0.25) is 0 Å². The molecule has 4 aromatic carbocycles. The second kappa shape index (κ2) is 11.3. The number of benzene rings is 4. The van der Waals surface area contributed by atoms with Gasteiger partial charge in [-0.15, -0.1) is 0 Å². The van der Waals surface area contributed by atoms with Crippen molar-refractivity contribution in [2.24, 2.45) is 0 Å². The van der Waals surface area contributed by atoms with Crippen LogP contribution in [-0.2, 0) is 4.74 Å². The Morgan fingerprint density at radius 1 is 0.838 bits per heavy atom. The van der Waals surface area contributed by atoms with Gasteiger partial charge in [-0.1, -0.05) is 73.2 Å². The van der Waals surface area contributed by atoms with E-state index in [9.17, 15) is 4.79 Å². The summed E-state index contributed by atoms with van der Waals surface area (Å²) in [4.78, 5) is 15.4. The molecule has 5 rings (SSSR count). The summed E-state index contributed by atoms with van der Waals surface area (Å²) >= 11 is 0. The maximum absolute atomic E-state index is 12.8. The molecule has 1 fully saturated rings. The van der Waals surface area contributed by atoms with Gasteiger partial charge >= 0.3 is 5.97 Å². The van der Waals surface area contributed by atoms with E-state index in [1.54, 1.807) is 0 Å². The quantitative estimate of drug-likeness (QED) is 0.244. The van der Waals surface area contributed by atoms with Crippen LogP contribution < -0.4 is 0 Å². The monoisotopic (exact) mass is 491 g/mol. The fourth-order valence-corrected chi connectivity index (χ4v) is 5.61. The van der Waals surface area contributed by atoms with Crippen molar-refractivity contribution in [3.05, 3.63) is 95.6 Å². The lowest BCUT2D eigenvalue weighted by atomic mass is 9.87. The highest BCUT2D eigenvalue weighted by atomic mass is 16.5. The normalized spacial score (nSPS) is 14.7. The average molecular weight is 492 g/mol. The molecule has 0 bridgehead atoms. The average Bonchev–Trinajstić information content (AvgIpc) is 2.93. The number of nitrogens with zero attached hydrogens (tertiary/aromatic N) is 1. The number of esters is 1. The van der Waals surface area contributed by atoms with Gasteiger partial charge < -0.3 is 9.64 Å². The van der Waals surface area contributed by atoms with Crippen molar-refractivity contribution in [1.29, 1.82) is 0 Å². The van der Waals surface area contributed by atoms with Crippen LogP contribution >= 0.6 is 0 Å². The molecular formula is C34H37NO2. The van der Waals surface area contributed by atoms with E-state index in [0.717, 1.165) is 27.5 Å². The minimum absolute atomic E-state index is 0.276. The number of hydrogen-bond acceptors (Lipinski definition) is 3. The van der Waals surface area contributed by atoms with Crippen molar-refractivity contribution >= 4 is 16.7 Å². The summed E-state index contributed by atoms with van der Waals surface area (Å²) in [7, 11) is 0. The Hall–Kier alpha value is -3.43. The molecule has 3 nitrogen and oxygen atoms in total. The van der Waals surface area contributed by atoms with E-state index in [0.29, 0.717) is 18.1 Å². The van der Waals surface area contributed by atoms with Crippen LogP contribution in [0, 0.1) is 6.92 Å². The van der Waals surface area contributed by atoms with E-state index < -0.39 is 0 Å². The predicted octanol–water partition coefficient (Wildman–Crippen LogP) is 8.25. The fourth-order valence-electron chi connectivity index (χ4n) is 5.61. The largest absolute Gasteiger partial charge is 0.462 e. The van der Waals surface area contributed by atoms with Crippen LogP contribution in [0.5, 0.6) is 0 Å². The van der Waals surface area contributed by atoms with Crippen molar-refractivity contribution in [1.82, 2.24) is 4.90 Å². The van der Waals surface area contributed by atoms with Gasteiger partial charge in [0.1, 0.15) is 0 Å². The molecule has 1 heterocycles. The highest BCUT2D eigenvalue weighted by molar-refractivity contribution is 6.04. The fraction of sp³-hybridized carbons (Fsp3) is 0.324. The van der Waals surface area contributed by atoms with Crippen LogP contribution in [0.2, 0.25) is 0 Å². The molecule has 1 aliphatic rings. The van der Waals surface area contributed by atoms with E-state index in [2.05, 4.69) is 85.5 Å². The first-order chi connectivity index (χ1) is 18.1. The molecule has 0 aliphatic carbocycles. The molecule has 4 aromatic rings. The van der Waals surface area contributed by atoms with Gasteiger partial charge in [0, 0.05) is 0 Å². The minimum Gasteiger partial charge on any atom is -0.462 e. The number of piperidine rings is 1. The maximum atomic E-state index is 12.8. The van der Waals surface area contributed by atoms with Gasteiger partial charge in [-0.05, 0) is 115 Å². The second-order valence-corrected chi connectivity index (χ2v) is 10.3. The van der Waals surface area contributed by atoms with Crippen LogP contribution in [0.3, 0.4) is 0 Å². The third-order valence-corrected chi connectivity index (χ3v) is 7.67. The van der Waals surface area contributed by atoms with Crippen molar-refractivity contribution in [3.63, 3.8) is 0 Å². The Morgan fingerprint density at radius 3 is 2.19 bits per heavy atom. The molecule has 0 atom stereocenters. The smallest absolute Gasteiger partial charge is 0.338 e. The zero-order valence-electron chi connectivity index (χ0n) is 22.3. The van der Waals surface area contributed by atoms with Gasteiger partial charge in [-0.25, -0.2) is 4.79 Å². The molecule has 1 aliphatic heterocycles. The summed E-state index contributed by atoms with van der Waals surface area (Å²) in [5.41, 5.74) is 7.78. The van der Waals surface area contributed by atoms with Crippen LogP contribution in [0.4, 0.5) is 0 Å². The third-order valence-electron chi connectivity index (χ3n) is 7.67. The Kier molecular flexibility index (Phi) is 7.71. The summed E-state index contributed by atoms with van der Waals surface area (Å²) in [5.74, 6) is 0.351. The molecule has 0 saturated carbocycles. The lowest BCUT2D eigenvalue weighted by Crippen LogP contribution is -2.33. The lowest BCUT2D eigenvalue weighted by Gasteiger charge is -2.32. The number of carbonyl (C=O) groups is 1. The minimum atomic E-state index is -0.276. The van der Waals surface area contributed by atoms with E-state index >= 15 is 0 Å². The first kappa shape index (κ1) is 25.2. The highest BCUT2D eigenvalue weighted by Gasteiger charge is 2.20. The molecule has 0 unspecified atom stereocenters. The van der Waals surface area contributed by atoms with Crippen molar-refractivity contribution < 1.29 is 9.53 Å². The van der Waals surface area contributed by atoms with Gasteiger partial charge in [0.15, 0.2) is 0 Å². The lowest BCUT2D eigenvalue weighted by molar-refractivity contribution is 0.0526. The number of likely N-dealkylation sites (tertiary alicyclic amines) is 1. The zero-order valence-corrected chi connectivity index (χ0v) is 22.3. The Balaban J connectivity index is 1.50. The summed E-state index contributed by atoms with van der Waals surface area (Å²) in [5, 5.41) is 2.19. The number of rotatable bonds is 7. The summed E-state index contributed by atoms with van der Waals surface area (Å²) in [6.45, 7) is 10.2. The number of aryl methyl sites for hydroxylation is 1. The molecule has 1 saturated heterocycles. The molecule has 0 N–H and O–H groups in total. The van der Waals surface area contributed by atoms with E-state index in [1.165, 1.54) is 55.6 Å². The van der Waals surface area contributed by atoms with Crippen molar-refractivity contribution in [2.45, 2.75) is 46.0 Å². The van der Waals surface area contributed by atoms with Gasteiger partial charge in [-0.3, -0.25) is 0 Å². The highest BCUT2D eigenvalue weighted by Crippen LogP contribution is 2.35. The van der Waals surface area contributed by atoms with Crippen LogP contribution in [0.25, 0.3) is 33.0 Å². The number of fused-ring (bicyclic) bond motifs is 1. The molecule has 190 valence electrons. The molecule has 0 radical (unpaired) electrons. The summed E-state index contributed by atoms with van der Waals surface area (Å²) < 4.78 is 5.38. The predicted molar refractivity (Wildman–Crippen MR) is 154 cm³/mol. The Morgan fingerprint density at radius 2 is 1.51 bits per heavy atom. The molecule has 0 amide bonds. The third kappa shape index (κ3) is 5.62. The van der Waals surface area contributed by atoms with Crippen LogP contribution in [0.1, 0.15) is 60.5 Å². The van der Waals surface area contributed by atoms with Gasteiger partial charge in [0.25, 0.3) is 0 Å². The number of carbonyl (C=O) groups excluding carboxylic acids is 1. The second-order valence-electron chi connectivity index (χ2n) is 10.3. The van der Waals surface area contributed by atoms with Crippen LogP contribution in [0.15, 0.2) is 78.9 Å². The SMILES string of the molecule is CCCN1CCC(c2ccc(-c3cc(C(=O)OCC)cc4cc(-c5ccc(C)cc5)ccc34)cc2)CC1. The van der Waals surface area contributed by atoms with Crippen molar-refractivity contribution in [2.75, 3.05) is 26.2 Å². The van der Waals surface area contributed by atoms with Crippen molar-refractivity contribution in [3.8, 4) is 22.3 Å². The molecule has 37 heavy (non-hydrogen) atoms. The molecule has 0 aromatic heterocycles. The summed E-state index contributed by atoms with van der Waals surface area (Å²) in [6.07, 6.45) is 3.68. The molecule has 3 heteroatoms. The van der Waals surface area contributed by atoms with E-state index in [4.69, 9.17) is 4.74 Å². The van der Waals surface area contributed by atoms with Crippen LogP contribution in [-0.4, -0.2) is 37.1 Å². The number of ether oxygens (including phenoxy) is 1. The summed E-state index contributed by atoms with van der Waals surface area (Å²) in [6, 6.07) is 28.1. The first-order valence-corrected chi connectivity index (χ1v) is 13.7. The van der Waals surface area contributed by atoms with E-state index in [1.807, 2.05) is 19.1 Å². The Labute approximate surface area is 221 Å². The number of hydrogen-bond donors (Lipinski definition) is 0. The Bertz CT molecular complexity index is 1360. The molecule has 0 spiro atoms. The topological polar surface area (TPSA) is 29.5 Å². The van der Waals surface area contributed by atoms with Gasteiger partial charge in [-0.2, -0.15) is 0 Å². The van der Waals surface area contributed by atoms with Gasteiger partial charge in [0.05, 0.1) is 12.2 Å². The maximum Gasteiger partial charge on any atom is 0.338 e. The zero-order chi connectivity index (χ0) is 25.8. The molecular weight excluding hydrogens is 454 g/mol. The first-order valence-electron chi connectivity index (χ1n) is 13.7. The standard InChI is InChI=1S/C34H37NO2/c1-4-18-35-19-16-27(17-20-35)25-10-12-28(13-11-25)33-23-31(34(36)37-5-2)22-30-21-29(14-15-32(30)33)26-8-6-24(3)7-9-26/h6-15,21-23,27H,4-5,16-20H2,1-3H3.